The van der Waals surface area contributed by atoms with E-state index < -0.39 is 5.91 Å². The van der Waals surface area contributed by atoms with E-state index in [0.717, 1.165) is 5.56 Å². The largest absolute Gasteiger partial charge is 0.370 e. The minimum atomic E-state index is -0.424. The minimum Gasteiger partial charge on any atom is -0.370 e. The van der Waals surface area contributed by atoms with Crippen molar-refractivity contribution in [2.45, 2.75) is 13.0 Å². The Morgan fingerprint density at radius 2 is 1.86 bits per heavy atom. The van der Waals surface area contributed by atoms with E-state index in [1.54, 1.807) is 23.2 Å². The van der Waals surface area contributed by atoms with Gasteiger partial charge < -0.3 is 10.6 Å². The van der Waals surface area contributed by atoms with Gasteiger partial charge in [-0.15, -0.1) is 0 Å². The standard InChI is InChI=1S/C16H17N3O2/c17-15(20)8-10-19(12-13-5-2-1-3-6-13)16(21)14-7-4-9-18-11-14/h1-7,9,11H,8,10,12H2,(H2,17,20). The fraction of sp³-hybridized carbons (Fsp3) is 0.188. The van der Waals surface area contributed by atoms with E-state index in [-0.39, 0.29) is 18.9 Å². The number of carbonyl (C=O) groups excluding carboxylic acids is 2. The first kappa shape index (κ1) is 14.7. The molecule has 2 aromatic rings. The first-order valence-electron chi connectivity index (χ1n) is 6.68. The molecule has 0 aliphatic rings. The SMILES string of the molecule is NC(=O)CCN(Cc1ccccc1)C(=O)c1cccnc1. The summed E-state index contributed by atoms with van der Waals surface area (Å²) in [7, 11) is 0. The van der Waals surface area contributed by atoms with Crippen molar-refractivity contribution in [3.63, 3.8) is 0 Å². The molecule has 108 valence electrons. The van der Waals surface area contributed by atoms with Crippen LogP contribution in [0.4, 0.5) is 0 Å². The van der Waals surface area contributed by atoms with Crippen LogP contribution in [0, 0.1) is 0 Å². The highest BCUT2D eigenvalue weighted by molar-refractivity contribution is 5.94. The third kappa shape index (κ3) is 4.42. The second-order valence-electron chi connectivity index (χ2n) is 4.67. The molecule has 1 aromatic heterocycles. The van der Waals surface area contributed by atoms with Gasteiger partial charge in [0.1, 0.15) is 0 Å². The monoisotopic (exact) mass is 283 g/mol. The molecule has 0 bridgehead atoms. The van der Waals surface area contributed by atoms with Gasteiger partial charge in [-0.2, -0.15) is 0 Å². The lowest BCUT2D eigenvalue weighted by atomic mass is 10.1. The summed E-state index contributed by atoms with van der Waals surface area (Å²) in [6, 6.07) is 13.0. The molecule has 0 fully saturated rings. The molecule has 0 radical (unpaired) electrons. The molecule has 0 spiro atoms. The number of rotatable bonds is 6. The summed E-state index contributed by atoms with van der Waals surface area (Å²) in [4.78, 5) is 29.0. The molecule has 5 heteroatoms. The lowest BCUT2D eigenvalue weighted by Gasteiger charge is -2.22. The summed E-state index contributed by atoms with van der Waals surface area (Å²) in [6.45, 7) is 0.722. The topological polar surface area (TPSA) is 76.3 Å². The zero-order valence-corrected chi connectivity index (χ0v) is 11.6. The number of carbonyl (C=O) groups is 2. The lowest BCUT2D eigenvalue weighted by Crippen LogP contribution is -2.33. The van der Waals surface area contributed by atoms with Crippen molar-refractivity contribution in [1.82, 2.24) is 9.88 Å². The first-order chi connectivity index (χ1) is 10.2. The molecule has 0 atom stereocenters. The van der Waals surface area contributed by atoms with E-state index >= 15 is 0 Å². The number of pyridine rings is 1. The maximum absolute atomic E-state index is 12.5. The van der Waals surface area contributed by atoms with Gasteiger partial charge in [-0.1, -0.05) is 30.3 Å². The zero-order valence-electron chi connectivity index (χ0n) is 11.6. The molecule has 21 heavy (non-hydrogen) atoms. The summed E-state index contributed by atoms with van der Waals surface area (Å²) >= 11 is 0. The van der Waals surface area contributed by atoms with Gasteiger partial charge in [-0.25, -0.2) is 0 Å². The van der Waals surface area contributed by atoms with Gasteiger partial charge in [0.15, 0.2) is 0 Å². The maximum atomic E-state index is 12.5. The third-order valence-corrected chi connectivity index (χ3v) is 3.04. The Kier molecular flexibility index (Phi) is 5.04. The van der Waals surface area contributed by atoms with Crippen molar-refractivity contribution in [1.29, 1.82) is 0 Å². The molecule has 2 rings (SSSR count). The van der Waals surface area contributed by atoms with Gasteiger partial charge in [-0.3, -0.25) is 14.6 Å². The van der Waals surface area contributed by atoms with Crippen LogP contribution >= 0.6 is 0 Å². The highest BCUT2D eigenvalue weighted by Crippen LogP contribution is 2.10. The second-order valence-corrected chi connectivity index (χ2v) is 4.67. The molecule has 5 nitrogen and oxygen atoms in total. The molecule has 0 unspecified atom stereocenters. The number of benzene rings is 1. The van der Waals surface area contributed by atoms with E-state index in [0.29, 0.717) is 12.1 Å². The Bertz CT molecular complexity index is 599. The molecule has 0 aliphatic heterocycles. The van der Waals surface area contributed by atoms with E-state index in [2.05, 4.69) is 4.98 Å². The predicted molar refractivity (Wildman–Crippen MR) is 79.2 cm³/mol. The van der Waals surface area contributed by atoms with Gasteiger partial charge in [-0.05, 0) is 17.7 Å². The van der Waals surface area contributed by atoms with Crippen molar-refractivity contribution in [3.05, 3.63) is 66.0 Å². The third-order valence-electron chi connectivity index (χ3n) is 3.04. The first-order valence-corrected chi connectivity index (χ1v) is 6.68. The quantitative estimate of drug-likeness (QED) is 0.874. The summed E-state index contributed by atoms with van der Waals surface area (Å²) in [5, 5.41) is 0. The number of nitrogens with two attached hydrogens (primary N) is 1. The summed E-state index contributed by atoms with van der Waals surface area (Å²) in [5.74, 6) is -0.583. The van der Waals surface area contributed by atoms with Crippen LogP contribution in [-0.4, -0.2) is 28.2 Å². The van der Waals surface area contributed by atoms with Crippen LogP contribution in [0.3, 0.4) is 0 Å². The molecular formula is C16H17N3O2. The van der Waals surface area contributed by atoms with Gasteiger partial charge in [0.2, 0.25) is 5.91 Å². The highest BCUT2D eigenvalue weighted by atomic mass is 16.2. The molecule has 0 saturated carbocycles. The van der Waals surface area contributed by atoms with Gasteiger partial charge >= 0.3 is 0 Å². The maximum Gasteiger partial charge on any atom is 0.255 e. The molecule has 2 N–H and O–H groups in total. The van der Waals surface area contributed by atoms with Crippen LogP contribution in [-0.2, 0) is 11.3 Å². The van der Waals surface area contributed by atoms with Gasteiger partial charge in [0.05, 0.1) is 5.56 Å². The molecule has 2 amide bonds. The van der Waals surface area contributed by atoms with Crippen molar-refractivity contribution >= 4 is 11.8 Å². The van der Waals surface area contributed by atoms with Crippen LogP contribution in [0.1, 0.15) is 22.3 Å². The van der Waals surface area contributed by atoms with Crippen LogP contribution < -0.4 is 5.73 Å². The fourth-order valence-electron chi connectivity index (χ4n) is 1.97. The lowest BCUT2D eigenvalue weighted by molar-refractivity contribution is -0.118. The Balaban J connectivity index is 2.15. The normalized spacial score (nSPS) is 10.1. The highest BCUT2D eigenvalue weighted by Gasteiger charge is 2.16. The smallest absolute Gasteiger partial charge is 0.255 e. The summed E-state index contributed by atoms with van der Waals surface area (Å²) in [6.07, 6.45) is 3.27. The van der Waals surface area contributed by atoms with Gasteiger partial charge in [0, 0.05) is 31.9 Å². The van der Waals surface area contributed by atoms with E-state index in [4.69, 9.17) is 5.73 Å². The minimum absolute atomic E-state index is 0.138. The average Bonchev–Trinajstić information content (AvgIpc) is 2.52. The number of primary amides is 1. The van der Waals surface area contributed by atoms with Crippen LogP contribution in [0.15, 0.2) is 54.9 Å². The number of aromatic nitrogens is 1. The van der Waals surface area contributed by atoms with Crippen molar-refractivity contribution < 1.29 is 9.59 Å². The Labute approximate surface area is 123 Å². The van der Waals surface area contributed by atoms with E-state index in [9.17, 15) is 9.59 Å². The van der Waals surface area contributed by atoms with Crippen LogP contribution in [0.2, 0.25) is 0 Å². The van der Waals surface area contributed by atoms with E-state index in [1.165, 1.54) is 6.20 Å². The predicted octanol–water partition coefficient (Wildman–Crippen LogP) is 1.60. The number of nitrogens with zero attached hydrogens (tertiary/aromatic N) is 2. The summed E-state index contributed by atoms with van der Waals surface area (Å²) < 4.78 is 0. The fourth-order valence-corrected chi connectivity index (χ4v) is 1.97. The average molecular weight is 283 g/mol. The Morgan fingerprint density at radius 3 is 2.48 bits per heavy atom. The second kappa shape index (κ2) is 7.19. The van der Waals surface area contributed by atoms with Crippen molar-refractivity contribution in [2.24, 2.45) is 5.73 Å². The van der Waals surface area contributed by atoms with Crippen LogP contribution in [0.5, 0.6) is 0 Å². The zero-order chi connectivity index (χ0) is 15.1. The van der Waals surface area contributed by atoms with Crippen molar-refractivity contribution in [3.8, 4) is 0 Å². The molecule has 1 aromatic carbocycles. The number of amides is 2. The molecule has 0 aliphatic carbocycles. The Morgan fingerprint density at radius 1 is 1.10 bits per heavy atom. The number of hydrogen-bond donors (Lipinski definition) is 1. The Hall–Kier alpha value is -2.69. The number of hydrogen-bond acceptors (Lipinski definition) is 3. The summed E-state index contributed by atoms with van der Waals surface area (Å²) in [5.41, 5.74) is 6.68. The van der Waals surface area contributed by atoms with E-state index in [1.807, 2.05) is 30.3 Å². The molecular weight excluding hydrogens is 266 g/mol. The molecule has 0 saturated heterocycles. The molecule has 1 heterocycles. The van der Waals surface area contributed by atoms with Crippen LogP contribution in [0.25, 0.3) is 0 Å². The van der Waals surface area contributed by atoms with Gasteiger partial charge in [0.25, 0.3) is 5.91 Å². The van der Waals surface area contributed by atoms with Crippen molar-refractivity contribution in [2.75, 3.05) is 6.54 Å².